The maximum Gasteiger partial charge on any atom is 0.407 e. The average molecular weight is 316 g/mol. The molecule has 0 unspecified atom stereocenters. The van der Waals surface area contributed by atoms with Gasteiger partial charge in [0.1, 0.15) is 5.60 Å². The maximum atomic E-state index is 11.4. The Bertz CT molecular complexity index is 671. The summed E-state index contributed by atoms with van der Waals surface area (Å²) in [7, 11) is 0. The molecule has 2 heterocycles. The van der Waals surface area contributed by atoms with Gasteiger partial charge >= 0.3 is 6.09 Å². The number of nitrogens with one attached hydrogen (secondary N) is 2. The van der Waals surface area contributed by atoms with Gasteiger partial charge in [-0.15, -0.1) is 0 Å². The van der Waals surface area contributed by atoms with Gasteiger partial charge in [0.2, 0.25) is 0 Å². The van der Waals surface area contributed by atoms with Crippen molar-refractivity contribution in [1.82, 2.24) is 20.2 Å². The number of carbonyl (C=O) groups excluding carboxylic acids is 1. The third-order valence-electron chi connectivity index (χ3n) is 3.01. The van der Waals surface area contributed by atoms with Crippen LogP contribution < -0.4 is 10.6 Å². The van der Waals surface area contributed by atoms with E-state index in [2.05, 4.69) is 15.7 Å². The van der Waals surface area contributed by atoms with Gasteiger partial charge in [-0.05, 0) is 32.9 Å². The first kappa shape index (κ1) is 17.0. The third-order valence-corrected chi connectivity index (χ3v) is 3.01. The van der Waals surface area contributed by atoms with E-state index < -0.39 is 11.7 Å². The zero-order valence-corrected chi connectivity index (χ0v) is 13.9. The first-order valence-electron chi connectivity index (χ1n) is 7.69. The Morgan fingerprint density at radius 3 is 2.87 bits per heavy atom. The first-order chi connectivity index (χ1) is 11.0. The molecule has 0 saturated heterocycles. The van der Waals surface area contributed by atoms with Gasteiger partial charge in [0.05, 0.1) is 11.7 Å². The fourth-order valence-electron chi connectivity index (χ4n) is 2.04. The Hall–Kier alpha value is -2.34. The smallest absolute Gasteiger partial charge is 0.407 e. The van der Waals surface area contributed by atoms with E-state index in [0.717, 1.165) is 24.2 Å². The summed E-state index contributed by atoms with van der Waals surface area (Å²) in [5.74, 6) is 0. The molecule has 2 aromatic heterocycles. The summed E-state index contributed by atoms with van der Waals surface area (Å²) in [6.07, 6.45) is 7.27. The second kappa shape index (κ2) is 7.78. The van der Waals surface area contributed by atoms with E-state index >= 15 is 0 Å². The van der Waals surface area contributed by atoms with Crippen LogP contribution in [-0.2, 0) is 11.3 Å². The Morgan fingerprint density at radius 1 is 1.30 bits per heavy atom. The number of amides is 1. The first-order valence-corrected chi connectivity index (χ1v) is 7.69. The van der Waals surface area contributed by atoms with E-state index in [1.165, 1.54) is 0 Å². The van der Waals surface area contributed by atoms with Gasteiger partial charge in [-0.1, -0.05) is 18.2 Å². The molecule has 0 spiro atoms. The molecule has 2 rings (SSSR count). The number of carbonyl (C=O) groups is 1. The Morgan fingerprint density at radius 2 is 2.09 bits per heavy atom. The highest BCUT2D eigenvalue weighted by atomic mass is 16.6. The lowest BCUT2D eigenvalue weighted by molar-refractivity contribution is 0.0534. The predicted molar refractivity (Wildman–Crippen MR) is 90.3 cm³/mol. The van der Waals surface area contributed by atoms with Crippen molar-refractivity contribution in [2.24, 2.45) is 0 Å². The van der Waals surface area contributed by atoms with Crippen LogP contribution in [0.3, 0.4) is 0 Å². The zero-order valence-electron chi connectivity index (χ0n) is 13.9. The summed E-state index contributed by atoms with van der Waals surface area (Å²) in [5, 5.41) is 10.3. The van der Waals surface area contributed by atoms with Crippen molar-refractivity contribution in [2.75, 3.05) is 13.1 Å². The second-order valence-corrected chi connectivity index (χ2v) is 6.19. The van der Waals surface area contributed by atoms with E-state index in [9.17, 15) is 4.79 Å². The number of hydrogen-bond acceptors (Lipinski definition) is 4. The van der Waals surface area contributed by atoms with Crippen LogP contribution in [0.1, 0.15) is 26.3 Å². The van der Waals surface area contributed by atoms with Crippen molar-refractivity contribution in [3.05, 3.63) is 48.3 Å². The molecule has 0 aliphatic carbocycles. The van der Waals surface area contributed by atoms with E-state index in [4.69, 9.17) is 4.74 Å². The Kier molecular flexibility index (Phi) is 5.76. The van der Waals surface area contributed by atoms with Crippen LogP contribution >= 0.6 is 0 Å². The van der Waals surface area contributed by atoms with Crippen LogP contribution in [0.15, 0.2) is 42.7 Å². The summed E-state index contributed by atoms with van der Waals surface area (Å²) >= 11 is 0. The Labute approximate surface area is 136 Å². The van der Waals surface area contributed by atoms with Gasteiger partial charge in [0, 0.05) is 31.4 Å². The minimum Gasteiger partial charge on any atom is -0.444 e. The minimum atomic E-state index is -0.469. The largest absolute Gasteiger partial charge is 0.444 e. The van der Waals surface area contributed by atoms with Crippen molar-refractivity contribution < 1.29 is 9.53 Å². The van der Waals surface area contributed by atoms with E-state index in [1.54, 1.807) is 0 Å². The molecule has 0 bridgehead atoms. The summed E-state index contributed by atoms with van der Waals surface area (Å²) in [6, 6.07) is 6.00. The number of fused-ring (bicyclic) bond motifs is 1. The fourth-order valence-corrected chi connectivity index (χ4v) is 2.04. The second-order valence-electron chi connectivity index (χ2n) is 6.19. The van der Waals surface area contributed by atoms with Crippen molar-refractivity contribution in [3.8, 4) is 0 Å². The van der Waals surface area contributed by atoms with Crippen molar-refractivity contribution in [2.45, 2.75) is 32.9 Å². The van der Waals surface area contributed by atoms with E-state index in [1.807, 2.05) is 68.0 Å². The molecule has 0 aliphatic rings. The summed E-state index contributed by atoms with van der Waals surface area (Å²) in [4.78, 5) is 11.4. The number of alkyl carbamates (subject to hydrolysis) is 1. The van der Waals surface area contributed by atoms with E-state index in [-0.39, 0.29) is 0 Å². The molecule has 0 aromatic carbocycles. The summed E-state index contributed by atoms with van der Waals surface area (Å²) < 4.78 is 7.01. The van der Waals surface area contributed by atoms with Gasteiger partial charge < -0.3 is 15.4 Å². The highest BCUT2D eigenvalue weighted by Gasteiger charge is 2.14. The summed E-state index contributed by atoms with van der Waals surface area (Å²) in [5.41, 5.74) is 1.80. The number of pyridine rings is 1. The van der Waals surface area contributed by atoms with E-state index in [0.29, 0.717) is 6.54 Å². The molecule has 6 nitrogen and oxygen atoms in total. The van der Waals surface area contributed by atoms with Gasteiger partial charge in [-0.2, -0.15) is 5.10 Å². The highest BCUT2D eigenvalue weighted by Crippen LogP contribution is 2.09. The van der Waals surface area contributed by atoms with Crippen molar-refractivity contribution in [3.63, 3.8) is 0 Å². The third kappa shape index (κ3) is 5.75. The standard InChI is InChI=1S/C17H24N4O2/c1-17(2,3)23-16(22)19-10-6-5-9-18-12-14-13-20-21-11-7-4-8-15(14)21/h4-8,11,13,18H,9-10,12H2,1-3H3,(H,19,22)/b6-5+. The molecule has 0 aliphatic heterocycles. The molecule has 0 atom stereocenters. The van der Waals surface area contributed by atoms with Crippen LogP contribution in [0.4, 0.5) is 4.79 Å². The number of rotatable bonds is 6. The fraction of sp³-hybridized carbons (Fsp3) is 0.412. The average Bonchev–Trinajstić information content (AvgIpc) is 2.88. The number of ether oxygens (including phenoxy) is 1. The molecule has 0 saturated carbocycles. The van der Waals surface area contributed by atoms with Crippen LogP contribution in [0.5, 0.6) is 0 Å². The highest BCUT2D eigenvalue weighted by molar-refractivity contribution is 5.67. The normalized spacial score (nSPS) is 12.0. The van der Waals surface area contributed by atoms with Crippen LogP contribution in [0.25, 0.3) is 5.52 Å². The lowest BCUT2D eigenvalue weighted by Gasteiger charge is -2.19. The SMILES string of the molecule is CC(C)(C)OC(=O)NC/C=C/CNCc1cnn2ccccc12. The number of aromatic nitrogens is 2. The number of nitrogens with zero attached hydrogens (tertiary/aromatic N) is 2. The molecule has 1 amide bonds. The quantitative estimate of drug-likeness (QED) is 0.635. The van der Waals surface area contributed by atoms with Gasteiger partial charge in [-0.25, -0.2) is 9.31 Å². The molecule has 2 N–H and O–H groups in total. The molecule has 6 heteroatoms. The predicted octanol–water partition coefficient (Wildman–Crippen LogP) is 2.50. The molecule has 23 heavy (non-hydrogen) atoms. The molecule has 2 aromatic rings. The lowest BCUT2D eigenvalue weighted by Crippen LogP contribution is -2.32. The molecular weight excluding hydrogens is 292 g/mol. The zero-order chi connectivity index (χ0) is 16.7. The Balaban J connectivity index is 1.65. The summed E-state index contributed by atoms with van der Waals surface area (Å²) in [6.45, 7) is 7.44. The molecular formula is C17H24N4O2. The van der Waals surface area contributed by atoms with Crippen LogP contribution in [0, 0.1) is 0 Å². The maximum absolute atomic E-state index is 11.4. The monoisotopic (exact) mass is 316 g/mol. The van der Waals surface area contributed by atoms with Crippen molar-refractivity contribution >= 4 is 11.6 Å². The van der Waals surface area contributed by atoms with Gasteiger partial charge in [0.25, 0.3) is 0 Å². The van der Waals surface area contributed by atoms with Gasteiger partial charge in [0.15, 0.2) is 0 Å². The lowest BCUT2D eigenvalue weighted by atomic mass is 10.2. The van der Waals surface area contributed by atoms with Gasteiger partial charge in [-0.3, -0.25) is 0 Å². The number of hydrogen-bond donors (Lipinski definition) is 2. The molecule has 124 valence electrons. The molecule has 0 radical (unpaired) electrons. The minimum absolute atomic E-state index is 0.401. The van der Waals surface area contributed by atoms with Crippen LogP contribution in [-0.4, -0.2) is 34.4 Å². The van der Waals surface area contributed by atoms with Crippen LogP contribution in [0.2, 0.25) is 0 Å². The molecule has 0 fully saturated rings. The van der Waals surface area contributed by atoms with Crippen molar-refractivity contribution in [1.29, 1.82) is 0 Å². The topological polar surface area (TPSA) is 67.7 Å².